The molecule has 0 aromatic carbocycles. The number of hydrogen-bond acceptors (Lipinski definition) is 5. The molecule has 0 unspecified atom stereocenters. The molecule has 0 N–H and O–H groups in total. The van der Waals surface area contributed by atoms with Gasteiger partial charge in [-0.05, 0) is 22.9 Å². The van der Waals surface area contributed by atoms with Gasteiger partial charge < -0.3 is 4.74 Å². The van der Waals surface area contributed by atoms with Crippen molar-refractivity contribution < 1.29 is 9.53 Å². The van der Waals surface area contributed by atoms with Crippen molar-refractivity contribution in [3.8, 4) is 0 Å². The fraction of sp³-hybridized carbons (Fsp3) is 0.300. The maximum absolute atomic E-state index is 11.9. The number of halogens is 1. The van der Waals surface area contributed by atoms with Gasteiger partial charge in [0.1, 0.15) is 4.60 Å². The van der Waals surface area contributed by atoms with E-state index in [1.807, 2.05) is 6.92 Å². The Balaban J connectivity index is 2.56. The van der Waals surface area contributed by atoms with Crippen LogP contribution < -0.4 is 5.56 Å². The van der Waals surface area contributed by atoms with Crippen LogP contribution in [0.4, 0.5) is 0 Å². The first-order valence-electron chi connectivity index (χ1n) is 4.77. The smallest absolute Gasteiger partial charge is 0.311 e. The number of carbonyl (C=O) groups is 1. The monoisotopic (exact) mass is 316 g/mol. The van der Waals surface area contributed by atoms with Crippen LogP contribution in [0.3, 0.4) is 0 Å². The molecule has 2 heterocycles. The number of fused-ring (bicyclic) bond motifs is 1. The Bertz CT molecular complexity index is 647. The molecule has 5 nitrogen and oxygen atoms in total. The molecule has 2 aromatic heterocycles. The van der Waals surface area contributed by atoms with Gasteiger partial charge in [-0.2, -0.15) is 0 Å². The van der Waals surface area contributed by atoms with E-state index >= 15 is 0 Å². The molecule has 7 heteroatoms. The SMILES string of the molecule is COC(=O)Cc1cc(=O)n2c(Br)c(C)sc2n1. The second kappa shape index (κ2) is 4.58. The lowest BCUT2D eigenvalue weighted by Crippen LogP contribution is -2.16. The van der Waals surface area contributed by atoms with Crippen LogP contribution in [0.15, 0.2) is 15.5 Å². The summed E-state index contributed by atoms with van der Waals surface area (Å²) in [5.74, 6) is -0.409. The zero-order valence-corrected chi connectivity index (χ0v) is 11.6. The molecule has 0 bridgehead atoms. The molecule has 0 saturated carbocycles. The Hall–Kier alpha value is -1.21. The number of rotatable bonds is 2. The van der Waals surface area contributed by atoms with Gasteiger partial charge in [0, 0.05) is 10.9 Å². The molecule has 2 aromatic rings. The average Bonchev–Trinajstić information content (AvgIpc) is 2.54. The van der Waals surface area contributed by atoms with Crippen LogP contribution in [0.2, 0.25) is 0 Å². The summed E-state index contributed by atoms with van der Waals surface area (Å²) in [5, 5.41) is 0. The van der Waals surface area contributed by atoms with Crippen molar-refractivity contribution in [2.75, 3.05) is 7.11 Å². The lowest BCUT2D eigenvalue weighted by Gasteiger charge is -1.99. The Morgan fingerprint density at radius 2 is 2.35 bits per heavy atom. The van der Waals surface area contributed by atoms with Crippen molar-refractivity contribution in [1.82, 2.24) is 9.38 Å². The molecule has 90 valence electrons. The first-order valence-corrected chi connectivity index (χ1v) is 6.38. The normalized spacial score (nSPS) is 10.8. The fourth-order valence-electron chi connectivity index (χ4n) is 1.40. The number of nitrogens with zero attached hydrogens (tertiary/aromatic N) is 2. The zero-order chi connectivity index (χ0) is 12.6. The van der Waals surface area contributed by atoms with Gasteiger partial charge in [0.2, 0.25) is 0 Å². The summed E-state index contributed by atoms with van der Waals surface area (Å²) >= 11 is 4.73. The molecule has 0 aliphatic carbocycles. The summed E-state index contributed by atoms with van der Waals surface area (Å²) in [5.41, 5.74) is 0.223. The van der Waals surface area contributed by atoms with Gasteiger partial charge >= 0.3 is 5.97 Å². The molecule has 0 amide bonds. The van der Waals surface area contributed by atoms with E-state index < -0.39 is 5.97 Å². The van der Waals surface area contributed by atoms with E-state index in [2.05, 4.69) is 25.7 Å². The van der Waals surface area contributed by atoms with Crippen molar-refractivity contribution in [3.63, 3.8) is 0 Å². The second-order valence-electron chi connectivity index (χ2n) is 3.41. The van der Waals surface area contributed by atoms with Crippen LogP contribution in [-0.4, -0.2) is 22.5 Å². The fourth-order valence-corrected chi connectivity index (χ4v) is 2.99. The number of aryl methyl sites for hydroxylation is 1. The first kappa shape index (κ1) is 12.3. The highest BCUT2D eigenvalue weighted by atomic mass is 79.9. The number of thiazole rings is 1. The Labute approximate surface area is 109 Å². The van der Waals surface area contributed by atoms with E-state index in [0.717, 1.165) is 4.88 Å². The number of aromatic nitrogens is 2. The first-order chi connectivity index (χ1) is 8.02. The van der Waals surface area contributed by atoms with Crippen LogP contribution in [0, 0.1) is 6.92 Å². The molecule has 0 aliphatic heterocycles. The molecule has 0 atom stereocenters. The summed E-state index contributed by atoms with van der Waals surface area (Å²) < 4.78 is 6.72. The lowest BCUT2D eigenvalue weighted by atomic mass is 10.3. The summed E-state index contributed by atoms with van der Waals surface area (Å²) in [6.45, 7) is 1.89. The van der Waals surface area contributed by atoms with Crippen LogP contribution in [0.25, 0.3) is 4.96 Å². The maximum atomic E-state index is 11.9. The van der Waals surface area contributed by atoms with Gasteiger partial charge in [0.15, 0.2) is 4.96 Å². The van der Waals surface area contributed by atoms with E-state index in [1.165, 1.54) is 28.9 Å². The summed E-state index contributed by atoms with van der Waals surface area (Å²) in [6, 6.07) is 1.35. The van der Waals surface area contributed by atoms with Crippen molar-refractivity contribution in [1.29, 1.82) is 0 Å². The van der Waals surface area contributed by atoms with E-state index in [-0.39, 0.29) is 12.0 Å². The summed E-state index contributed by atoms with van der Waals surface area (Å²) in [4.78, 5) is 28.8. The highest BCUT2D eigenvalue weighted by molar-refractivity contribution is 9.10. The van der Waals surface area contributed by atoms with Gasteiger partial charge in [0.05, 0.1) is 19.2 Å². The van der Waals surface area contributed by atoms with E-state index in [4.69, 9.17) is 0 Å². The van der Waals surface area contributed by atoms with Gasteiger partial charge in [0.25, 0.3) is 5.56 Å². The average molecular weight is 317 g/mol. The largest absolute Gasteiger partial charge is 0.469 e. The van der Waals surface area contributed by atoms with Crippen molar-refractivity contribution in [2.24, 2.45) is 0 Å². The van der Waals surface area contributed by atoms with E-state index in [9.17, 15) is 9.59 Å². The minimum Gasteiger partial charge on any atom is -0.469 e. The third-order valence-corrected chi connectivity index (χ3v) is 4.39. The Kier molecular flexibility index (Phi) is 3.30. The number of hydrogen-bond donors (Lipinski definition) is 0. The predicted molar refractivity (Wildman–Crippen MR) is 67.5 cm³/mol. The Morgan fingerprint density at radius 1 is 1.65 bits per heavy atom. The molecular formula is C10H9BrN2O3S. The Morgan fingerprint density at radius 3 is 3.00 bits per heavy atom. The minimum atomic E-state index is -0.409. The maximum Gasteiger partial charge on any atom is 0.311 e. The van der Waals surface area contributed by atoms with Gasteiger partial charge in [-0.25, -0.2) is 9.38 Å². The van der Waals surface area contributed by atoms with Crippen molar-refractivity contribution >= 4 is 38.2 Å². The highest BCUT2D eigenvalue weighted by Gasteiger charge is 2.12. The number of esters is 1. The number of ether oxygens (including phenoxy) is 1. The van der Waals surface area contributed by atoms with Crippen LogP contribution >= 0.6 is 27.3 Å². The van der Waals surface area contributed by atoms with E-state index in [1.54, 1.807) is 0 Å². The van der Waals surface area contributed by atoms with Crippen molar-refractivity contribution in [2.45, 2.75) is 13.3 Å². The quantitative estimate of drug-likeness (QED) is 0.789. The molecule has 2 rings (SSSR count). The van der Waals surface area contributed by atoms with Gasteiger partial charge in [-0.15, -0.1) is 11.3 Å². The van der Waals surface area contributed by atoms with E-state index in [0.29, 0.717) is 15.3 Å². The molecule has 0 spiro atoms. The number of carbonyl (C=O) groups excluding carboxylic acids is 1. The van der Waals surface area contributed by atoms with Crippen LogP contribution in [-0.2, 0) is 16.0 Å². The summed E-state index contributed by atoms with van der Waals surface area (Å²) in [6.07, 6.45) is 0.0107. The summed E-state index contributed by atoms with van der Waals surface area (Å²) in [7, 11) is 1.31. The van der Waals surface area contributed by atoms with Crippen LogP contribution in [0.1, 0.15) is 10.6 Å². The third-order valence-electron chi connectivity index (χ3n) is 2.23. The number of methoxy groups -OCH3 is 1. The standard InChI is InChI=1S/C10H9BrN2O3S/c1-5-9(11)13-7(14)3-6(4-8(15)16-2)12-10(13)17-5/h3H,4H2,1-2H3. The molecule has 0 aliphatic rings. The third kappa shape index (κ3) is 2.25. The molecule has 0 radical (unpaired) electrons. The second-order valence-corrected chi connectivity index (χ2v) is 5.34. The molecule has 0 fully saturated rings. The van der Waals surface area contributed by atoms with Gasteiger partial charge in [-0.3, -0.25) is 9.59 Å². The molecule has 0 saturated heterocycles. The predicted octanol–water partition coefficient (Wildman–Crippen LogP) is 1.54. The molecule has 17 heavy (non-hydrogen) atoms. The zero-order valence-electron chi connectivity index (χ0n) is 9.19. The minimum absolute atomic E-state index is 0.0107. The highest BCUT2D eigenvalue weighted by Crippen LogP contribution is 2.24. The van der Waals surface area contributed by atoms with Gasteiger partial charge in [-0.1, -0.05) is 0 Å². The topological polar surface area (TPSA) is 60.7 Å². The van der Waals surface area contributed by atoms with Crippen molar-refractivity contribution in [3.05, 3.63) is 31.6 Å². The lowest BCUT2D eigenvalue weighted by molar-refractivity contribution is -0.139. The van der Waals surface area contributed by atoms with Crippen LogP contribution in [0.5, 0.6) is 0 Å². The molecular weight excluding hydrogens is 308 g/mol.